The zero-order chi connectivity index (χ0) is 11.2. The van der Waals surface area contributed by atoms with Gasteiger partial charge in [-0.15, -0.1) is 0 Å². The first-order chi connectivity index (χ1) is 7.88. The minimum absolute atomic E-state index is 0.429. The summed E-state index contributed by atoms with van der Waals surface area (Å²) < 4.78 is 5.55. The summed E-state index contributed by atoms with van der Waals surface area (Å²) in [6.07, 6.45) is 5.41. The highest BCUT2D eigenvalue weighted by atomic mass is 16.5. The van der Waals surface area contributed by atoms with Gasteiger partial charge in [0, 0.05) is 26.3 Å². The molecule has 2 heterocycles. The van der Waals surface area contributed by atoms with Crippen molar-refractivity contribution in [1.29, 1.82) is 0 Å². The summed E-state index contributed by atoms with van der Waals surface area (Å²) in [5, 5.41) is 6.26. The zero-order valence-electron chi connectivity index (χ0n) is 9.57. The van der Waals surface area contributed by atoms with Crippen molar-refractivity contribution in [3.8, 4) is 0 Å². The summed E-state index contributed by atoms with van der Waals surface area (Å²) in [7, 11) is 1.85. The first kappa shape index (κ1) is 11.1. The molecule has 0 radical (unpaired) electrons. The Morgan fingerprint density at radius 1 is 1.44 bits per heavy atom. The smallest absolute Gasteiger partial charge is 0.131 e. The van der Waals surface area contributed by atoms with Crippen molar-refractivity contribution in [3.63, 3.8) is 0 Å². The van der Waals surface area contributed by atoms with E-state index in [4.69, 9.17) is 4.74 Å². The summed E-state index contributed by atoms with van der Waals surface area (Å²) >= 11 is 0. The van der Waals surface area contributed by atoms with E-state index in [2.05, 4.69) is 20.6 Å². The minimum atomic E-state index is 0.429. The third kappa shape index (κ3) is 3.06. The second-order valence-corrected chi connectivity index (χ2v) is 3.89. The van der Waals surface area contributed by atoms with Crippen LogP contribution in [0.1, 0.15) is 19.3 Å². The molecule has 1 aliphatic heterocycles. The molecule has 0 aliphatic carbocycles. The minimum Gasteiger partial charge on any atom is -0.378 e. The van der Waals surface area contributed by atoms with Crippen LogP contribution in [0.5, 0.6) is 0 Å². The molecule has 2 rings (SSSR count). The van der Waals surface area contributed by atoms with Gasteiger partial charge in [-0.05, 0) is 19.3 Å². The molecule has 1 atom stereocenters. The van der Waals surface area contributed by atoms with Crippen LogP contribution in [0.2, 0.25) is 0 Å². The zero-order valence-corrected chi connectivity index (χ0v) is 9.57. The molecule has 1 saturated heterocycles. The Bertz CT molecular complexity index is 326. The van der Waals surface area contributed by atoms with E-state index in [0.29, 0.717) is 6.10 Å². The van der Waals surface area contributed by atoms with Gasteiger partial charge in [-0.1, -0.05) is 0 Å². The summed E-state index contributed by atoms with van der Waals surface area (Å²) in [6.45, 7) is 1.81. The number of ether oxygens (including phenoxy) is 1. The lowest BCUT2D eigenvalue weighted by Crippen LogP contribution is -2.13. The second-order valence-electron chi connectivity index (χ2n) is 3.89. The van der Waals surface area contributed by atoms with Gasteiger partial charge in [-0.25, -0.2) is 9.97 Å². The predicted molar refractivity (Wildman–Crippen MR) is 63.7 cm³/mol. The highest BCUT2D eigenvalue weighted by Gasteiger charge is 2.14. The quantitative estimate of drug-likeness (QED) is 0.790. The van der Waals surface area contributed by atoms with E-state index < -0.39 is 0 Å². The molecule has 1 aliphatic rings. The van der Waals surface area contributed by atoms with Crippen molar-refractivity contribution in [1.82, 2.24) is 9.97 Å². The van der Waals surface area contributed by atoms with Gasteiger partial charge >= 0.3 is 0 Å². The molecular formula is C11H18N4O. The number of nitrogens with one attached hydrogen (secondary N) is 2. The Kier molecular flexibility index (Phi) is 3.93. The fourth-order valence-corrected chi connectivity index (χ4v) is 1.82. The number of anilines is 2. The van der Waals surface area contributed by atoms with Crippen molar-refractivity contribution in [2.75, 3.05) is 30.8 Å². The SMILES string of the molecule is CNc1cc(NCCC2CCCO2)ncn1. The van der Waals surface area contributed by atoms with Crippen molar-refractivity contribution < 1.29 is 4.74 Å². The fraction of sp³-hybridized carbons (Fsp3) is 0.636. The van der Waals surface area contributed by atoms with Crippen molar-refractivity contribution in [2.45, 2.75) is 25.4 Å². The van der Waals surface area contributed by atoms with E-state index in [1.54, 1.807) is 6.33 Å². The molecule has 1 fully saturated rings. The molecule has 0 bridgehead atoms. The van der Waals surface area contributed by atoms with Gasteiger partial charge in [0.25, 0.3) is 0 Å². The van der Waals surface area contributed by atoms with Crippen LogP contribution in [-0.2, 0) is 4.74 Å². The van der Waals surface area contributed by atoms with E-state index >= 15 is 0 Å². The van der Waals surface area contributed by atoms with E-state index in [1.807, 2.05) is 13.1 Å². The maximum Gasteiger partial charge on any atom is 0.131 e. The van der Waals surface area contributed by atoms with Gasteiger partial charge in [0.15, 0.2) is 0 Å². The van der Waals surface area contributed by atoms with Gasteiger partial charge in [0.05, 0.1) is 6.10 Å². The second kappa shape index (κ2) is 5.65. The summed E-state index contributed by atoms with van der Waals surface area (Å²) in [5.74, 6) is 1.69. The average molecular weight is 222 g/mol. The van der Waals surface area contributed by atoms with Crippen LogP contribution >= 0.6 is 0 Å². The number of rotatable bonds is 5. The predicted octanol–water partition coefficient (Wildman–Crippen LogP) is 1.50. The fourth-order valence-electron chi connectivity index (χ4n) is 1.82. The maximum atomic E-state index is 5.55. The number of hydrogen-bond donors (Lipinski definition) is 2. The lowest BCUT2D eigenvalue weighted by molar-refractivity contribution is 0.107. The average Bonchev–Trinajstić information content (AvgIpc) is 2.82. The molecule has 88 valence electrons. The van der Waals surface area contributed by atoms with Crippen LogP contribution in [0.25, 0.3) is 0 Å². The molecule has 0 amide bonds. The first-order valence-corrected chi connectivity index (χ1v) is 5.74. The molecule has 5 heteroatoms. The van der Waals surface area contributed by atoms with Crippen LogP contribution in [0.15, 0.2) is 12.4 Å². The van der Waals surface area contributed by atoms with Crippen molar-refractivity contribution in [3.05, 3.63) is 12.4 Å². The Hall–Kier alpha value is -1.36. The van der Waals surface area contributed by atoms with E-state index in [0.717, 1.165) is 31.2 Å². The van der Waals surface area contributed by atoms with Crippen LogP contribution in [-0.4, -0.2) is 36.3 Å². The molecule has 1 aromatic heterocycles. The van der Waals surface area contributed by atoms with Crippen molar-refractivity contribution >= 4 is 11.6 Å². The van der Waals surface area contributed by atoms with Gasteiger partial charge in [0.1, 0.15) is 18.0 Å². The Balaban J connectivity index is 1.75. The lowest BCUT2D eigenvalue weighted by atomic mass is 10.2. The first-order valence-electron chi connectivity index (χ1n) is 5.74. The van der Waals surface area contributed by atoms with Crippen molar-refractivity contribution in [2.24, 2.45) is 0 Å². The summed E-state index contributed by atoms with van der Waals surface area (Å²) in [6, 6.07) is 1.90. The maximum absolute atomic E-state index is 5.55. The third-order valence-corrected chi connectivity index (χ3v) is 2.72. The normalized spacial score (nSPS) is 19.7. The lowest BCUT2D eigenvalue weighted by Gasteiger charge is -2.10. The van der Waals surface area contributed by atoms with Gasteiger partial charge in [-0.2, -0.15) is 0 Å². The van der Waals surface area contributed by atoms with Gasteiger partial charge < -0.3 is 15.4 Å². The van der Waals surface area contributed by atoms with E-state index in [-0.39, 0.29) is 0 Å². The van der Waals surface area contributed by atoms with Gasteiger partial charge in [0.2, 0.25) is 0 Å². The molecule has 0 aromatic carbocycles. The van der Waals surface area contributed by atoms with Crippen LogP contribution in [0.4, 0.5) is 11.6 Å². The molecule has 0 spiro atoms. The summed E-state index contributed by atoms with van der Waals surface area (Å²) in [5.41, 5.74) is 0. The van der Waals surface area contributed by atoms with E-state index in [9.17, 15) is 0 Å². The summed E-state index contributed by atoms with van der Waals surface area (Å²) in [4.78, 5) is 8.20. The monoisotopic (exact) mass is 222 g/mol. The molecular weight excluding hydrogens is 204 g/mol. The van der Waals surface area contributed by atoms with Crippen LogP contribution in [0.3, 0.4) is 0 Å². The Morgan fingerprint density at radius 2 is 2.31 bits per heavy atom. The topological polar surface area (TPSA) is 59.1 Å². The number of nitrogens with zero attached hydrogens (tertiary/aromatic N) is 2. The Morgan fingerprint density at radius 3 is 3.06 bits per heavy atom. The molecule has 16 heavy (non-hydrogen) atoms. The van der Waals surface area contributed by atoms with E-state index in [1.165, 1.54) is 12.8 Å². The molecule has 5 nitrogen and oxygen atoms in total. The molecule has 2 N–H and O–H groups in total. The highest BCUT2D eigenvalue weighted by molar-refractivity contribution is 5.45. The standard InChI is InChI=1S/C11H18N4O/c1-12-10-7-11(15-8-14-10)13-5-4-9-3-2-6-16-9/h7-9H,2-6H2,1H3,(H2,12,13,14,15). The van der Waals surface area contributed by atoms with Gasteiger partial charge in [-0.3, -0.25) is 0 Å². The largest absolute Gasteiger partial charge is 0.378 e. The van der Waals surface area contributed by atoms with Crippen LogP contribution < -0.4 is 10.6 Å². The molecule has 1 unspecified atom stereocenters. The number of aromatic nitrogens is 2. The highest BCUT2D eigenvalue weighted by Crippen LogP contribution is 2.15. The van der Waals surface area contributed by atoms with Crippen LogP contribution in [0, 0.1) is 0 Å². The number of hydrogen-bond acceptors (Lipinski definition) is 5. The molecule has 0 saturated carbocycles. The Labute approximate surface area is 95.6 Å². The third-order valence-electron chi connectivity index (χ3n) is 2.72. The molecule has 1 aromatic rings.